The molecule has 0 bridgehead atoms. The van der Waals surface area contributed by atoms with Crippen LogP contribution in [-0.4, -0.2) is 43.5 Å². The second kappa shape index (κ2) is 10.8. The molecule has 190 valence electrons. The standard InChI is InChI=1S/C26H26N6O3S2/c1-5-32-23(13-36-25-27-15(2)10-16(3)28-25)30-31-26(32)37-14-24(33)29-19-12-21-18(11-22(19)34-4)17-8-6-7-9-20(17)35-21/h6-12H,5,13-14H2,1-4H3,(H,29,33). The highest BCUT2D eigenvalue weighted by atomic mass is 32.2. The van der Waals surface area contributed by atoms with Gasteiger partial charge in [-0.05, 0) is 39.0 Å². The van der Waals surface area contributed by atoms with Crippen molar-refractivity contribution >= 4 is 57.1 Å². The molecule has 0 fully saturated rings. The predicted molar refractivity (Wildman–Crippen MR) is 146 cm³/mol. The number of fused-ring (bicyclic) bond motifs is 3. The number of anilines is 1. The third-order valence-corrected chi connectivity index (χ3v) is 7.52. The summed E-state index contributed by atoms with van der Waals surface area (Å²) in [6.45, 7) is 6.63. The highest BCUT2D eigenvalue weighted by Gasteiger charge is 2.17. The van der Waals surface area contributed by atoms with Crippen LogP contribution in [0.4, 0.5) is 5.69 Å². The Kier molecular flexibility index (Phi) is 7.33. The quantitative estimate of drug-likeness (QED) is 0.190. The van der Waals surface area contributed by atoms with E-state index in [1.54, 1.807) is 13.2 Å². The molecule has 0 spiro atoms. The molecule has 0 atom stereocenters. The third-order valence-electron chi connectivity index (χ3n) is 5.71. The molecule has 37 heavy (non-hydrogen) atoms. The van der Waals surface area contributed by atoms with Gasteiger partial charge in [0.1, 0.15) is 22.7 Å². The van der Waals surface area contributed by atoms with Crippen molar-refractivity contribution in [3.8, 4) is 5.75 Å². The highest BCUT2D eigenvalue weighted by Crippen LogP contribution is 2.36. The van der Waals surface area contributed by atoms with Crippen LogP contribution in [0, 0.1) is 13.8 Å². The molecular weight excluding hydrogens is 508 g/mol. The second-order valence-corrected chi connectivity index (χ2v) is 10.2. The summed E-state index contributed by atoms with van der Waals surface area (Å²) in [6, 6.07) is 13.5. The van der Waals surface area contributed by atoms with Gasteiger partial charge in [-0.3, -0.25) is 4.79 Å². The van der Waals surface area contributed by atoms with Crippen molar-refractivity contribution in [1.29, 1.82) is 0 Å². The molecule has 0 radical (unpaired) electrons. The van der Waals surface area contributed by atoms with Gasteiger partial charge in [-0.1, -0.05) is 41.7 Å². The average molecular weight is 535 g/mol. The zero-order chi connectivity index (χ0) is 25.9. The number of hydrogen-bond donors (Lipinski definition) is 1. The molecule has 0 saturated heterocycles. The van der Waals surface area contributed by atoms with E-state index in [9.17, 15) is 4.79 Å². The zero-order valence-electron chi connectivity index (χ0n) is 20.9. The highest BCUT2D eigenvalue weighted by molar-refractivity contribution is 7.99. The number of para-hydroxylation sites is 1. The first-order chi connectivity index (χ1) is 17.9. The molecule has 9 nitrogen and oxygen atoms in total. The Morgan fingerprint density at radius 2 is 1.81 bits per heavy atom. The van der Waals surface area contributed by atoms with E-state index in [1.165, 1.54) is 23.5 Å². The number of rotatable bonds is 9. The van der Waals surface area contributed by atoms with Crippen LogP contribution in [0.25, 0.3) is 21.9 Å². The third kappa shape index (κ3) is 5.42. The van der Waals surface area contributed by atoms with Crippen LogP contribution in [0.2, 0.25) is 0 Å². The number of aromatic nitrogens is 5. The molecule has 0 aliphatic rings. The molecule has 11 heteroatoms. The van der Waals surface area contributed by atoms with Gasteiger partial charge in [0.05, 0.1) is 24.3 Å². The number of carbonyl (C=O) groups excluding carboxylic acids is 1. The van der Waals surface area contributed by atoms with E-state index in [2.05, 4.69) is 25.5 Å². The largest absolute Gasteiger partial charge is 0.495 e. The van der Waals surface area contributed by atoms with E-state index in [4.69, 9.17) is 9.15 Å². The first-order valence-electron chi connectivity index (χ1n) is 11.7. The van der Waals surface area contributed by atoms with Crippen molar-refractivity contribution < 1.29 is 13.9 Å². The van der Waals surface area contributed by atoms with Gasteiger partial charge in [0.2, 0.25) is 5.91 Å². The van der Waals surface area contributed by atoms with E-state index in [0.717, 1.165) is 33.6 Å². The molecule has 1 amide bonds. The number of nitrogens with zero attached hydrogens (tertiary/aromatic N) is 5. The summed E-state index contributed by atoms with van der Waals surface area (Å²) >= 11 is 2.86. The monoisotopic (exact) mass is 534 g/mol. The van der Waals surface area contributed by atoms with Gasteiger partial charge in [0.15, 0.2) is 10.3 Å². The van der Waals surface area contributed by atoms with Crippen molar-refractivity contribution in [2.75, 3.05) is 18.2 Å². The molecule has 3 heterocycles. The number of aryl methyl sites for hydroxylation is 2. The van der Waals surface area contributed by atoms with Gasteiger partial charge >= 0.3 is 0 Å². The summed E-state index contributed by atoms with van der Waals surface area (Å²) in [4.78, 5) is 21.8. The lowest BCUT2D eigenvalue weighted by Gasteiger charge is -2.11. The van der Waals surface area contributed by atoms with Crippen LogP contribution in [0.5, 0.6) is 5.75 Å². The van der Waals surface area contributed by atoms with Crippen LogP contribution in [0.1, 0.15) is 24.1 Å². The van der Waals surface area contributed by atoms with Crippen LogP contribution in [-0.2, 0) is 17.1 Å². The molecule has 5 aromatic rings. The molecule has 0 aliphatic carbocycles. The first kappa shape index (κ1) is 25.1. The van der Waals surface area contributed by atoms with Crippen molar-refractivity contribution in [2.24, 2.45) is 0 Å². The van der Waals surface area contributed by atoms with E-state index >= 15 is 0 Å². The minimum atomic E-state index is -0.177. The molecule has 0 unspecified atom stereocenters. The number of thioether (sulfide) groups is 2. The molecule has 0 aliphatic heterocycles. The number of benzene rings is 2. The second-order valence-electron chi connectivity index (χ2n) is 8.35. The van der Waals surface area contributed by atoms with Gasteiger partial charge in [-0.25, -0.2) is 9.97 Å². The fraction of sp³-hybridized carbons (Fsp3) is 0.269. The molecular formula is C26H26N6O3S2. The van der Waals surface area contributed by atoms with Gasteiger partial charge in [-0.15, -0.1) is 10.2 Å². The van der Waals surface area contributed by atoms with Crippen molar-refractivity contribution in [1.82, 2.24) is 24.7 Å². The van der Waals surface area contributed by atoms with Crippen LogP contribution in [0.3, 0.4) is 0 Å². The smallest absolute Gasteiger partial charge is 0.234 e. The fourth-order valence-electron chi connectivity index (χ4n) is 4.07. The number of carbonyl (C=O) groups is 1. The number of hydrogen-bond acceptors (Lipinski definition) is 9. The van der Waals surface area contributed by atoms with Gasteiger partial charge in [0, 0.05) is 34.8 Å². The Bertz CT molecular complexity index is 1580. The Morgan fingerprint density at radius 3 is 2.57 bits per heavy atom. The van der Waals surface area contributed by atoms with Crippen molar-refractivity contribution in [2.45, 2.75) is 43.4 Å². The maximum absolute atomic E-state index is 12.8. The number of amides is 1. The molecule has 3 aromatic heterocycles. The normalized spacial score (nSPS) is 11.4. The lowest BCUT2D eigenvalue weighted by atomic mass is 10.1. The number of methoxy groups -OCH3 is 1. The Labute approximate surface area is 222 Å². The fourth-order valence-corrected chi connectivity index (χ4v) is 5.78. The van der Waals surface area contributed by atoms with Crippen LogP contribution >= 0.6 is 23.5 Å². The minimum Gasteiger partial charge on any atom is -0.495 e. The Morgan fingerprint density at radius 1 is 1.03 bits per heavy atom. The van der Waals surface area contributed by atoms with Crippen molar-refractivity contribution in [3.05, 3.63) is 59.7 Å². The average Bonchev–Trinajstić information content (AvgIpc) is 3.45. The molecule has 5 rings (SSSR count). The topological polar surface area (TPSA) is 108 Å². The lowest BCUT2D eigenvalue weighted by molar-refractivity contribution is -0.113. The van der Waals surface area contributed by atoms with E-state index in [0.29, 0.717) is 39.6 Å². The maximum Gasteiger partial charge on any atom is 0.234 e. The van der Waals surface area contributed by atoms with Crippen molar-refractivity contribution in [3.63, 3.8) is 0 Å². The zero-order valence-corrected chi connectivity index (χ0v) is 22.6. The summed E-state index contributed by atoms with van der Waals surface area (Å²) in [6.07, 6.45) is 0. The van der Waals surface area contributed by atoms with Crippen LogP contribution in [0.15, 0.2) is 57.2 Å². The summed E-state index contributed by atoms with van der Waals surface area (Å²) in [5, 5.41) is 14.9. The van der Waals surface area contributed by atoms with E-state index in [1.807, 2.05) is 61.7 Å². The lowest BCUT2D eigenvalue weighted by Crippen LogP contribution is -2.15. The van der Waals surface area contributed by atoms with E-state index in [-0.39, 0.29) is 11.7 Å². The Balaban J connectivity index is 1.26. The van der Waals surface area contributed by atoms with E-state index < -0.39 is 0 Å². The predicted octanol–water partition coefficient (Wildman–Crippen LogP) is 5.64. The molecule has 1 N–H and O–H groups in total. The molecule has 0 saturated carbocycles. The molecule has 2 aromatic carbocycles. The summed E-state index contributed by atoms with van der Waals surface area (Å²) in [5.74, 6) is 1.97. The van der Waals surface area contributed by atoms with Gasteiger partial charge in [0.25, 0.3) is 0 Å². The Hall–Kier alpha value is -3.57. The van der Waals surface area contributed by atoms with Gasteiger partial charge < -0.3 is 19.0 Å². The van der Waals surface area contributed by atoms with Crippen LogP contribution < -0.4 is 10.1 Å². The summed E-state index contributed by atoms with van der Waals surface area (Å²) < 4.78 is 13.5. The first-order valence-corrected chi connectivity index (χ1v) is 13.7. The summed E-state index contributed by atoms with van der Waals surface area (Å²) in [5.41, 5.74) is 3.90. The summed E-state index contributed by atoms with van der Waals surface area (Å²) in [7, 11) is 1.58. The van der Waals surface area contributed by atoms with Gasteiger partial charge in [-0.2, -0.15) is 0 Å². The number of furan rings is 1. The maximum atomic E-state index is 12.8. The number of nitrogens with one attached hydrogen (secondary N) is 1. The number of ether oxygens (including phenoxy) is 1. The minimum absolute atomic E-state index is 0.173. The SMILES string of the molecule is CCn1c(CSc2nc(C)cc(C)n2)nnc1SCC(=O)Nc1cc2oc3ccccc3c2cc1OC.